The van der Waals surface area contributed by atoms with Crippen molar-refractivity contribution in [3.05, 3.63) is 65.2 Å². The average Bonchev–Trinajstić information content (AvgIpc) is 2.86. The molecule has 0 atom stereocenters. The van der Waals surface area contributed by atoms with Gasteiger partial charge in [-0.15, -0.1) is 0 Å². The third-order valence-corrected chi connectivity index (χ3v) is 5.39. The molecule has 1 heterocycles. The average molecular weight is 510 g/mol. The number of piperazine rings is 1. The van der Waals surface area contributed by atoms with E-state index in [-0.39, 0.29) is 11.8 Å². The van der Waals surface area contributed by atoms with Gasteiger partial charge in [-0.05, 0) is 36.8 Å². The predicted molar refractivity (Wildman–Crippen MR) is 127 cm³/mol. The van der Waals surface area contributed by atoms with Crippen LogP contribution >= 0.6 is 0 Å². The fourth-order valence-electron chi connectivity index (χ4n) is 3.50. The maximum absolute atomic E-state index is 13.2. The normalized spacial score (nSPS) is 13.3. The Kier molecular flexibility index (Phi) is 10.7. The minimum absolute atomic E-state index is 0.0812. The summed E-state index contributed by atoms with van der Waals surface area (Å²) in [6.07, 6.45) is -4.76. The summed E-state index contributed by atoms with van der Waals surface area (Å²) < 4.78 is 36.9. The summed E-state index contributed by atoms with van der Waals surface area (Å²) in [5.41, 5.74) is 2.80. The number of nitrogens with zero attached hydrogens (tertiary/aromatic N) is 2. The van der Waals surface area contributed by atoms with Crippen molar-refractivity contribution in [2.75, 3.05) is 39.8 Å². The van der Waals surface area contributed by atoms with E-state index in [2.05, 4.69) is 11.4 Å². The number of hydrogen-bond acceptors (Lipinski definition) is 5. The van der Waals surface area contributed by atoms with E-state index in [1.54, 1.807) is 36.3 Å². The first kappa shape index (κ1) is 28.6. The molecular weight excluding hydrogens is 479 g/mol. The standard InChI is InChI=1S/C23H29N3O3.C2HF3O2/c1-18-4-3-5-19(16-18)17-26(13-10-22(27)25-14-11-24-12-15-25)23(28)20-6-8-21(29-2)9-7-20;3-2(4,5)1(6)7/h3-9,16,24H,10-15,17H2,1-2H3;(H,6,7). The molecule has 0 unspecified atom stereocenters. The number of rotatable bonds is 7. The monoisotopic (exact) mass is 509 g/mol. The van der Waals surface area contributed by atoms with Crippen LogP contribution in [0.2, 0.25) is 0 Å². The minimum Gasteiger partial charge on any atom is -0.497 e. The topological polar surface area (TPSA) is 99.2 Å². The van der Waals surface area contributed by atoms with Crippen LogP contribution < -0.4 is 10.1 Å². The highest BCUT2D eigenvalue weighted by Gasteiger charge is 2.38. The summed E-state index contributed by atoms with van der Waals surface area (Å²) in [5, 5.41) is 10.4. The van der Waals surface area contributed by atoms with Gasteiger partial charge in [-0.25, -0.2) is 4.79 Å². The predicted octanol–water partition coefficient (Wildman–Crippen LogP) is 3.10. The number of carbonyl (C=O) groups is 3. The van der Waals surface area contributed by atoms with Crippen LogP contribution in [-0.2, 0) is 16.1 Å². The molecule has 0 aliphatic carbocycles. The number of methoxy groups -OCH3 is 1. The lowest BCUT2D eigenvalue weighted by Gasteiger charge is -2.29. The number of carboxylic acid groups (broad SMARTS) is 1. The summed E-state index contributed by atoms with van der Waals surface area (Å²) in [4.78, 5) is 38.3. The third-order valence-electron chi connectivity index (χ3n) is 5.39. The molecule has 0 saturated carbocycles. The molecule has 1 saturated heterocycles. The molecule has 1 fully saturated rings. The molecule has 11 heteroatoms. The second-order valence-electron chi connectivity index (χ2n) is 8.13. The van der Waals surface area contributed by atoms with Crippen molar-refractivity contribution in [1.29, 1.82) is 0 Å². The van der Waals surface area contributed by atoms with E-state index in [0.717, 1.165) is 37.3 Å². The van der Waals surface area contributed by atoms with Gasteiger partial charge in [-0.1, -0.05) is 29.8 Å². The summed E-state index contributed by atoms with van der Waals surface area (Å²) in [6, 6.07) is 15.2. The maximum Gasteiger partial charge on any atom is 0.490 e. The van der Waals surface area contributed by atoms with Crippen LogP contribution in [0.1, 0.15) is 27.9 Å². The molecule has 0 aromatic heterocycles. The van der Waals surface area contributed by atoms with Gasteiger partial charge in [0.25, 0.3) is 5.91 Å². The van der Waals surface area contributed by atoms with Gasteiger partial charge in [0.1, 0.15) is 5.75 Å². The molecule has 0 bridgehead atoms. The number of carbonyl (C=O) groups excluding carboxylic acids is 2. The second kappa shape index (κ2) is 13.5. The summed E-state index contributed by atoms with van der Waals surface area (Å²) in [5.74, 6) is -2.03. The summed E-state index contributed by atoms with van der Waals surface area (Å²) >= 11 is 0. The lowest BCUT2D eigenvalue weighted by molar-refractivity contribution is -0.192. The number of aryl methyl sites for hydroxylation is 1. The Balaban J connectivity index is 0.000000572. The van der Waals surface area contributed by atoms with Crippen LogP contribution in [-0.4, -0.2) is 78.7 Å². The third kappa shape index (κ3) is 9.21. The van der Waals surface area contributed by atoms with Gasteiger partial charge in [0.05, 0.1) is 7.11 Å². The molecule has 1 aliphatic heterocycles. The van der Waals surface area contributed by atoms with E-state index in [4.69, 9.17) is 14.6 Å². The molecule has 8 nitrogen and oxygen atoms in total. The van der Waals surface area contributed by atoms with Gasteiger partial charge in [0.2, 0.25) is 5.91 Å². The SMILES string of the molecule is COc1ccc(C(=O)N(CCC(=O)N2CCNCC2)Cc2cccc(C)c2)cc1.O=C(O)C(F)(F)F. The number of amides is 2. The van der Waals surface area contributed by atoms with Gasteiger partial charge >= 0.3 is 12.1 Å². The Morgan fingerprint density at radius 2 is 1.69 bits per heavy atom. The lowest BCUT2D eigenvalue weighted by Crippen LogP contribution is -2.47. The van der Waals surface area contributed by atoms with E-state index in [0.29, 0.717) is 30.8 Å². The van der Waals surface area contributed by atoms with Gasteiger partial charge in [0, 0.05) is 51.3 Å². The Bertz CT molecular complexity index is 1020. The Labute approximate surface area is 207 Å². The first-order valence-electron chi connectivity index (χ1n) is 11.3. The summed E-state index contributed by atoms with van der Waals surface area (Å²) in [7, 11) is 1.60. The molecule has 3 rings (SSSR count). The molecular formula is C25H30F3N3O5. The van der Waals surface area contributed by atoms with Crippen LogP contribution in [0.4, 0.5) is 13.2 Å². The molecule has 2 N–H and O–H groups in total. The van der Waals surface area contributed by atoms with Crippen LogP contribution in [0.5, 0.6) is 5.75 Å². The molecule has 2 aromatic carbocycles. The molecule has 0 radical (unpaired) electrons. The Morgan fingerprint density at radius 1 is 1.08 bits per heavy atom. The van der Waals surface area contributed by atoms with E-state index in [1.165, 1.54) is 0 Å². The van der Waals surface area contributed by atoms with E-state index < -0.39 is 12.1 Å². The van der Waals surface area contributed by atoms with Crippen LogP contribution in [0.15, 0.2) is 48.5 Å². The highest BCUT2D eigenvalue weighted by molar-refractivity contribution is 5.94. The number of nitrogens with one attached hydrogen (secondary N) is 1. The van der Waals surface area contributed by atoms with E-state index in [9.17, 15) is 22.8 Å². The van der Waals surface area contributed by atoms with E-state index in [1.807, 2.05) is 30.0 Å². The molecule has 1 aliphatic rings. The summed E-state index contributed by atoms with van der Waals surface area (Å²) in [6.45, 7) is 6.00. The first-order chi connectivity index (χ1) is 17.0. The number of ether oxygens (including phenoxy) is 1. The lowest BCUT2D eigenvalue weighted by atomic mass is 10.1. The fourth-order valence-corrected chi connectivity index (χ4v) is 3.50. The van der Waals surface area contributed by atoms with Gasteiger partial charge in [-0.2, -0.15) is 13.2 Å². The van der Waals surface area contributed by atoms with Crippen molar-refractivity contribution in [2.45, 2.75) is 26.1 Å². The van der Waals surface area contributed by atoms with Crippen LogP contribution in [0.3, 0.4) is 0 Å². The number of halogens is 3. The highest BCUT2D eigenvalue weighted by atomic mass is 19.4. The maximum atomic E-state index is 13.2. The second-order valence-corrected chi connectivity index (χ2v) is 8.13. The number of benzene rings is 2. The molecule has 0 spiro atoms. The number of aliphatic carboxylic acids is 1. The largest absolute Gasteiger partial charge is 0.497 e. The zero-order valence-electron chi connectivity index (χ0n) is 20.2. The van der Waals surface area contributed by atoms with Gasteiger partial charge < -0.3 is 25.0 Å². The minimum atomic E-state index is -5.08. The van der Waals surface area contributed by atoms with E-state index >= 15 is 0 Å². The zero-order valence-corrected chi connectivity index (χ0v) is 20.2. The fraction of sp³-hybridized carbons (Fsp3) is 0.400. The zero-order chi connectivity index (χ0) is 26.7. The van der Waals surface area contributed by atoms with Crippen LogP contribution in [0.25, 0.3) is 0 Å². The van der Waals surface area contributed by atoms with Crippen molar-refractivity contribution in [2.24, 2.45) is 0 Å². The van der Waals surface area contributed by atoms with Crippen molar-refractivity contribution < 1.29 is 37.4 Å². The molecule has 196 valence electrons. The first-order valence-corrected chi connectivity index (χ1v) is 11.3. The van der Waals surface area contributed by atoms with Crippen molar-refractivity contribution in [3.8, 4) is 5.75 Å². The molecule has 2 aromatic rings. The number of hydrogen-bond donors (Lipinski definition) is 2. The molecule has 2 amide bonds. The highest BCUT2D eigenvalue weighted by Crippen LogP contribution is 2.16. The molecule has 36 heavy (non-hydrogen) atoms. The van der Waals surface area contributed by atoms with Crippen molar-refractivity contribution in [1.82, 2.24) is 15.1 Å². The number of alkyl halides is 3. The van der Waals surface area contributed by atoms with Crippen LogP contribution in [0, 0.1) is 6.92 Å². The van der Waals surface area contributed by atoms with Crippen molar-refractivity contribution in [3.63, 3.8) is 0 Å². The smallest absolute Gasteiger partial charge is 0.490 e. The van der Waals surface area contributed by atoms with Gasteiger partial charge in [-0.3, -0.25) is 9.59 Å². The van der Waals surface area contributed by atoms with Crippen molar-refractivity contribution >= 4 is 17.8 Å². The van der Waals surface area contributed by atoms with Gasteiger partial charge in [0.15, 0.2) is 0 Å². The Hall–Kier alpha value is -3.60. The Morgan fingerprint density at radius 3 is 2.22 bits per heavy atom. The quantitative estimate of drug-likeness (QED) is 0.595. The number of carboxylic acids is 1.